The number of allylic oxidation sites excluding steroid dienone is 8. The second kappa shape index (κ2) is 37.4. The molecule has 0 spiro atoms. The number of phosphoric acid groups is 1. The minimum Gasteiger partial charge on any atom is -0.756 e. The molecule has 9 heteroatoms. The molecule has 0 aromatic rings. The Morgan fingerprint density at radius 2 is 1.09 bits per heavy atom. The van der Waals surface area contributed by atoms with Crippen molar-refractivity contribution in [3.05, 3.63) is 48.6 Å². The number of ether oxygens (including phenoxy) is 2. The molecule has 0 rings (SSSR count). The van der Waals surface area contributed by atoms with Crippen molar-refractivity contribution >= 4 is 13.8 Å². The van der Waals surface area contributed by atoms with Crippen LogP contribution in [0.1, 0.15) is 168 Å². The summed E-state index contributed by atoms with van der Waals surface area (Å²) in [6.45, 7) is 5.25. The van der Waals surface area contributed by atoms with Crippen LogP contribution in [0.4, 0.5) is 0 Å². The van der Waals surface area contributed by atoms with Crippen LogP contribution in [0.2, 0.25) is 0 Å². The number of likely N-dealkylation sites (N-methyl/N-ethyl adjacent to an activating group) is 1. The monoisotopic (exact) mass is 768 g/mol. The van der Waals surface area contributed by atoms with Gasteiger partial charge in [-0.1, -0.05) is 159 Å². The number of quaternary nitrogens is 1. The minimum atomic E-state index is -4.53. The van der Waals surface area contributed by atoms with Gasteiger partial charge in [-0.2, -0.15) is 0 Å². The molecule has 0 saturated carbocycles. The van der Waals surface area contributed by atoms with Crippen molar-refractivity contribution < 1.29 is 37.3 Å². The van der Waals surface area contributed by atoms with E-state index < -0.39 is 13.9 Å². The lowest BCUT2D eigenvalue weighted by atomic mass is 10.0. The van der Waals surface area contributed by atoms with E-state index in [0.29, 0.717) is 24.1 Å². The number of unbranched alkanes of at least 4 members (excludes halogenated alkanes) is 17. The van der Waals surface area contributed by atoms with Gasteiger partial charge in [-0.05, 0) is 51.4 Å². The van der Waals surface area contributed by atoms with Crippen LogP contribution >= 0.6 is 7.82 Å². The first-order valence-electron chi connectivity index (χ1n) is 21.4. The summed E-state index contributed by atoms with van der Waals surface area (Å²) < 4.78 is 34.5. The van der Waals surface area contributed by atoms with E-state index in [2.05, 4.69) is 62.5 Å². The van der Waals surface area contributed by atoms with E-state index in [1.165, 1.54) is 89.9 Å². The molecule has 0 amide bonds. The lowest BCUT2D eigenvalue weighted by molar-refractivity contribution is -0.870. The fourth-order valence-corrected chi connectivity index (χ4v) is 6.32. The fourth-order valence-electron chi connectivity index (χ4n) is 5.60. The van der Waals surface area contributed by atoms with Gasteiger partial charge in [0.2, 0.25) is 0 Å². The van der Waals surface area contributed by atoms with E-state index in [-0.39, 0.29) is 32.2 Å². The molecule has 0 aliphatic rings. The number of carbonyl (C=O) groups excluding carboxylic acids is 1. The normalized spacial score (nSPS) is 14.3. The van der Waals surface area contributed by atoms with Crippen molar-refractivity contribution in [3.63, 3.8) is 0 Å². The molecule has 2 atom stereocenters. The first kappa shape index (κ1) is 51.5. The Morgan fingerprint density at radius 3 is 1.60 bits per heavy atom. The number of hydrogen-bond acceptors (Lipinski definition) is 7. The zero-order chi connectivity index (χ0) is 39.1. The Hall–Kier alpha value is -1.54. The van der Waals surface area contributed by atoms with Crippen molar-refractivity contribution in [1.82, 2.24) is 0 Å². The van der Waals surface area contributed by atoms with Crippen molar-refractivity contribution in [2.45, 2.75) is 174 Å². The Morgan fingerprint density at radius 1 is 0.604 bits per heavy atom. The third-order valence-corrected chi connectivity index (χ3v) is 9.86. The summed E-state index contributed by atoms with van der Waals surface area (Å²) >= 11 is 0. The SMILES string of the molecule is CC/C=C\C/C=C\C/C=C\C/C=C\CCCCC(=O)OC(COCCCCCCCCCCCCCCCCCC)COP(=O)([O-])OCC[N+](C)(C)C. The largest absolute Gasteiger partial charge is 0.756 e. The van der Waals surface area contributed by atoms with Gasteiger partial charge in [0.15, 0.2) is 0 Å². The molecular weight excluding hydrogens is 685 g/mol. The summed E-state index contributed by atoms with van der Waals surface area (Å²) in [5.74, 6) is -0.374. The lowest BCUT2D eigenvalue weighted by Gasteiger charge is -2.28. The summed E-state index contributed by atoms with van der Waals surface area (Å²) in [5, 5.41) is 0. The van der Waals surface area contributed by atoms with E-state index >= 15 is 0 Å². The van der Waals surface area contributed by atoms with Gasteiger partial charge in [-0.15, -0.1) is 0 Å². The van der Waals surface area contributed by atoms with Crippen molar-refractivity contribution in [1.29, 1.82) is 0 Å². The highest BCUT2D eigenvalue weighted by Gasteiger charge is 2.20. The predicted molar refractivity (Wildman–Crippen MR) is 222 cm³/mol. The Balaban J connectivity index is 4.31. The van der Waals surface area contributed by atoms with Crippen LogP contribution in [0, 0.1) is 0 Å². The van der Waals surface area contributed by atoms with E-state index in [4.69, 9.17) is 18.5 Å². The summed E-state index contributed by atoms with van der Waals surface area (Å²) in [4.78, 5) is 25.0. The molecule has 0 aliphatic carbocycles. The van der Waals surface area contributed by atoms with Crippen LogP contribution in [0.15, 0.2) is 48.6 Å². The van der Waals surface area contributed by atoms with Crippen molar-refractivity contribution in [2.24, 2.45) is 0 Å². The topological polar surface area (TPSA) is 94.1 Å². The molecule has 0 fully saturated rings. The highest BCUT2D eigenvalue weighted by molar-refractivity contribution is 7.45. The van der Waals surface area contributed by atoms with Gasteiger partial charge in [-0.25, -0.2) is 0 Å². The van der Waals surface area contributed by atoms with Crippen LogP contribution in [0.5, 0.6) is 0 Å². The standard InChI is InChI=1S/C44H82NO7P/c1-6-8-10-12-14-16-18-20-22-24-26-28-30-32-34-36-39-49-41-43(42-51-53(47,48)50-40-38-45(3,4)5)52-44(46)37-35-33-31-29-27-25-23-21-19-17-15-13-11-9-7-2/h9,11,15,17,21,23,27,29,43H,6-8,10,12-14,16,18-20,22,24-26,28,30-42H2,1-5H3/b11-9-,17-15-,23-21-,29-27-. The molecule has 0 aromatic heterocycles. The van der Waals surface area contributed by atoms with E-state index in [1.54, 1.807) is 0 Å². The molecule has 0 radical (unpaired) electrons. The number of esters is 1. The van der Waals surface area contributed by atoms with Crippen molar-refractivity contribution in [3.8, 4) is 0 Å². The Bertz CT molecular complexity index is 989. The third kappa shape index (κ3) is 41.5. The molecule has 0 aliphatic heterocycles. The summed E-state index contributed by atoms with van der Waals surface area (Å²) in [6.07, 6.45) is 44.1. The molecule has 8 nitrogen and oxygen atoms in total. The quantitative estimate of drug-likeness (QED) is 0.0202. The highest BCUT2D eigenvalue weighted by atomic mass is 31.2. The summed E-state index contributed by atoms with van der Waals surface area (Å²) in [5.41, 5.74) is 0. The number of phosphoric ester groups is 1. The molecule has 2 unspecified atom stereocenters. The maximum absolute atomic E-state index is 12.6. The van der Waals surface area contributed by atoms with Gasteiger partial charge in [0, 0.05) is 13.0 Å². The number of carbonyl (C=O) groups is 1. The van der Waals surface area contributed by atoms with Gasteiger partial charge in [0.25, 0.3) is 7.82 Å². The van der Waals surface area contributed by atoms with Crippen LogP contribution in [0.25, 0.3) is 0 Å². The maximum atomic E-state index is 12.6. The molecule has 0 saturated heterocycles. The summed E-state index contributed by atoms with van der Waals surface area (Å²) in [7, 11) is 1.33. The first-order valence-corrected chi connectivity index (χ1v) is 22.8. The smallest absolute Gasteiger partial charge is 0.306 e. The molecular formula is C44H82NO7P. The molecule has 53 heavy (non-hydrogen) atoms. The van der Waals surface area contributed by atoms with Gasteiger partial charge < -0.3 is 27.9 Å². The lowest BCUT2D eigenvalue weighted by Crippen LogP contribution is -2.37. The number of rotatable bonds is 39. The Labute approximate surface area is 327 Å². The average molecular weight is 768 g/mol. The molecule has 0 N–H and O–H groups in total. The number of hydrogen-bond donors (Lipinski definition) is 0. The van der Waals surface area contributed by atoms with Crippen LogP contribution in [-0.2, 0) is 27.9 Å². The van der Waals surface area contributed by atoms with Gasteiger partial charge >= 0.3 is 5.97 Å². The zero-order valence-electron chi connectivity index (χ0n) is 35.0. The second-order valence-corrected chi connectivity index (χ2v) is 16.7. The van der Waals surface area contributed by atoms with Crippen molar-refractivity contribution in [2.75, 3.05) is 54.1 Å². The second-order valence-electron chi connectivity index (χ2n) is 15.3. The van der Waals surface area contributed by atoms with Crippen LogP contribution in [-0.4, -0.2) is 70.7 Å². The molecule has 0 bridgehead atoms. The number of nitrogens with zero attached hydrogens (tertiary/aromatic N) is 1. The Kier molecular flexibility index (Phi) is 36.3. The first-order chi connectivity index (χ1) is 25.6. The fraction of sp³-hybridized carbons (Fsp3) is 0.795. The average Bonchev–Trinajstić information content (AvgIpc) is 3.11. The van der Waals surface area contributed by atoms with E-state index in [9.17, 15) is 14.3 Å². The molecule has 0 heterocycles. The minimum absolute atomic E-state index is 0.0176. The summed E-state index contributed by atoms with van der Waals surface area (Å²) in [6, 6.07) is 0. The maximum Gasteiger partial charge on any atom is 0.306 e. The predicted octanol–water partition coefficient (Wildman–Crippen LogP) is 11.7. The van der Waals surface area contributed by atoms with E-state index in [1.807, 2.05) is 21.1 Å². The molecule has 0 aromatic carbocycles. The highest BCUT2D eigenvalue weighted by Crippen LogP contribution is 2.38. The van der Waals surface area contributed by atoms with Gasteiger partial charge in [0.1, 0.15) is 19.3 Å². The van der Waals surface area contributed by atoms with E-state index in [0.717, 1.165) is 51.4 Å². The van der Waals surface area contributed by atoms with Gasteiger partial charge in [0.05, 0.1) is 34.4 Å². The van der Waals surface area contributed by atoms with Crippen LogP contribution in [0.3, 0.4) is 0 Å². The zero-order valence-corrected chi connectivity index (χ0v) is 35.8. The van der Waals surface area contributed by atoms with Gasteiger partial charge in [-0.3, -0.25) is 9.36 Å². The third-order valence-electron chi connectivity index (χ3n) is 8.89. The van der Waals surface area contributed by atoms with Crippen LogP contribution < -0.4 is 4.89 Å². The molecule has 310 valence electrons.